The quantitative estimate of drug-likeness (QED) is 0.828. The molecule has 6 nitrogen and oxygen atoms in total. The third kappa shape index (κ3) is 3.45. The van der Waals surface area contributed by atoms with Crippen molar-refractivity contribution in [3.8, 4) is 11.5 Å². The van der Waals surface area contributed by atoms with Gasteiger partial charge in [-0.25, -0.2) is 4.39 Å². The lowest BCUT2D eigenvalue weighted by Gasteiger charge is -2.39. The first-order chi connectivity index (χ1) is 13.0. The Kier molecular flexibility index (Phi) is 5.30. The Balaban J connectivity index is 1.83. The van der Waals surface area contributed by atoms with Crippen LogP contribution in [0.5, 0.6) is 11.5 Å². The summed E-state index contributed by atoms with van der Waals surface area (Å²) in [6, 6.07) is 10.3. The van der Waals surface area contributed by atoms with Crippen molar-refractivity contribution in [2.75, 3.05) is 32.2 Å². The molecule has 7 heteroatoms. The molecule has 0 spiro atoms. The van der Waals surface area contributed by atoms with Crippen LogP contribution in [0.15, 0.2) is 42.5 Å². The molecule has 1 heterocycles. The fourth-order valence-electron chi connectivity index (χ4n) is 3.19. The molecule has 2 amide bonds. The summed E-state index contributed by atoms with van der Waals surface area (Å²) in [5.41, 5.74) is 0.624. The van der Waals surface area contributed by atoms with Gasteiger partial charge in [-0.1, -0.05) is 12.1 Å². The number of carbonyl (C=O) groups is 2. The number of anilines is 1. The molecular formula is C20H21FN2O4. The van der Waals surface area contributed by atoms with Gasteiger partial charge < -0.3 is 19.3 Å². The minimum absolute atomic E-state index is 0.0308. The smallest absolute Gasteiger partial charge is 0.257 e. The lowest BCUT2D eigenvalue weighted by Crippen LogP contribution is -2.57. The fourth-order valence-corrected chi connectivity index (χ4v) is 3.19. The molecule has 1 saturated heterocycles. The van der Waals surface area contributed by atoms with Crippen molar-refractivity contribution in [2.24, 2.45) is 0 Å². The molecule has 27 heavy (non-hydrogen) atoms. The monoisotopic (exact) mass is 372 g/mol. The molecule has 1 aliphatic rings. The van der Waals surface area contributed by atoms with Crippen LogP contribution >= 0.6 is 0 Å². The summed E-state index contributed by atoms with van der Waals surface area (Å²) in [7, 11) is 3.06. The molecule has 0 unspecified atom stereocenters. The van der Waals surface area contributed by atoms with E-state index in [2.05, 4.69) is 0 Å². The van der Waals surface area contributed by atoms with Gasteiger partial charge in [-0.15, -0.1) is 0 Å². The molecule has 1 aliphatic heterocycles. The molecule has 142 valence electrons. The highest BCUT2D eigenvalue weighted by molar-refractivity contribution is 6.03. The number of methoxy groups -OCH3 is 2. The molecule has 2 aromatic rings. The number of rotatable bonds is 4. The highest BCUT2D eigenvalue weighted by atomic mass is 19.1. The molecule has 0 aliphatic carbocycles. The summed E-state index contributed by atoms with van der Waals surface area (Å²) < 4.78 is 24.5. The van der Waals surface area contributed by atoms with Crippen molar-refractivity contribution >= 4 is 17.5 Å². The summed E-state index contributed by atoms with van der Waals surface area (Å²) in [6.07, 6.45) is 0. The lowest BCUT2D eigenvalue weighted by molar-refractivity contribution is -0.124. The van der Waals surface area contributed by atoms with Crippen molar-refractivity contribution < 1.29 is 23.5 Å². The highest BCUT2D eigenvalue weighted by Crippen LogP contribution is 2.32. The first-order valence-corrected chi connectivity index (χ1v) is 8.56. The number of carbonyl (C=O) groups excluding carboxylic acids is 2. The van der Waals surface area contributed by atoms with E-state index in [1.54, 1.807) is 36.1 Å². The van der Waals surface area contributed by atoms with Gasteiger partial charge in [0.1, 0.15) is 11.9 Å². The van der Waals surface area contributed by atoms with Crippen LogP contribution in [0.1, 0.15) is 17.3 Å². The summed E-state index contributed by atoms with van der Waals surface area (Å²) in [6.45, 7) is 2.25. The van der Waals surface area contributed by atoms with Crippen molar-refractivity contribution in [3.05, 3.63) is 53.8 Å². The van der Waals surface area contributed by atoms with E-state index in [9.17, 15) is 14.0 Å². The molecule has 3 rings (SSSR count). The summed E-state index contributed by atoms with van der Waals surface area (Å²) in [5.74, 6) is -0.237. The third-order valence-corrected chi connectivity index (χ3v) is 4.70. The molecule has 1 fully saturated rings. The summed E-state index contributed by atoms with van der Waals surface area (Å²) in [4.78, 5) is 28.6. The van der Waals surface area contributed by atoms with E-state index in [1.165, 1.54) is 37.3 Å². The third-order valence-electron chi connectivity index (χ3n) is 4.70. The normalized spacial score (nSPS) is 17.0. The highest BCUT2D eigenvalue weighted by Gasteiger charge is 2.36. The van der Waals surface area contributed by atoms with Gasteiger partial charge in [-0.05, 0) is 31.2 Å². The van der Waals surface area contributed by atoms with E-state index in [1.807, 2.05) is 0 Å². The maximum absolute atomic E-state index is 13.9. The Hall–Kier alpha value is -3.09. The molecule has 2 aromatic carbocycles. The number of hydrogen-bond donors (Lipinski definition) is 0. The Morgan fingerprint density at radius 2 is 1.78 bits per heavy atom. The van der Waals surface area contributed by atoms with E-state index in [0.29, 0.717) is 30.3 Å². The number of halogens is 1. The predicted molar refractivity (Wildman–Crippen MR) is 98.8 cm³/mol. The number of piperazine rings is 1. The van der Waals surface area contributed by atoms with Crippen LogP contribution in [-0.2, 0) is 4.79 Å². The average Bonchev–Trinajstić information content (AvgIpc) is 2.69. The van der Waals surface area contributed by atoms with Gasteiger partial charge in [0, 0.05) is 24.8 Å². The summed E-state index contributed by atoms with van der Waals surface area (Å²) >= 11 is 0. The van der Waals surface area contributed by atoms with E-state index in [4.69, 9.17) is 9.47 Å². The maximum atomic E-state index is 13.9. The fraction of sp³-hybridized carbons (Fsp3) is 0.300. The average molecular weight is 372 g/mol. The first kappa shape index (κ1) is 18.7. The zero-order valence-electron chi connectivity index (χ0n) is 15.4. The number of benzene rings is 2. The molecule has 0 saturated carbocycles. The predicted octanol–water partition coefficient (Wildman–Crippen LogP) is 2.72. The van der Waals surface area contributed by atoms with Crippen LogP contribution in [-0.4, -0.2) is 50.1 Å². The first-order valence-electron chi connectivity index (χ1n) is 8.56. The Bertz CT molecular complexity index is 871. The van der Waals surface area contributed by atoms with Crippen LogP contribution < -0.4 is 14.4 Å². The Morgan fingerprint density at radius 1 is 1.07 bits per heavy atom. The number of ether oxygens (including phenoxy) is 2. The van der Waals surface area contributed by atoms with E-state index < -0.39 is 17.8 Å². The van der Waals surface area contributed by atoms with E-state index in [0.717, 1.165) is 0 Å². The molecule has 0 N–H and O–H groups in total. The van der Waals surface area contributed by atoms with Gasteiger partial charge in [0.25, 0.3) is 5.91 Å². The second-order valence-corrected chi connectivity index (χ2v) is 6.18. The van der Waals surface area contributed by atoms with Gasteiger partial charge >= 0.3 is 0 Å². The zero-order chi connectivity index (χ0) is 19.6. The zero-order valence-corrected chi connectivity index (χ0v) is 15.4. The Morgan fingerprint density at radius 3 is 2.44 bits per heavy atom. The van der Waals surface area contributed by atoms with Gasteiger partial charge in [-0.3, -0.25) is 9.59 Å². The standard InChI is InChI=1S/C20H21FN2O4/c1-13-19(24)23(14-8-9-17(26-2)18(12-14)27-3)11-10-22(13)20(25)15-6-4-5-7-16(15)21/h4-9,12-13H,10-11H2,1-3H3/t13-/m0/s1. The van der Waals surface area contributed by atoms with Crippen LogP contribution in [0.4, 0.5) is 10.1 Å². The minimum Gasteiger partial charge on any atom is -0.493 e. The summed E-state index contributed by atoms with van der Waals surface area (Å²) in [5, 5.41) is 0. The second-order valence-electron chi connectivity index (χ2n) is 6.18. The number of amides is 2. The van der Waals surface area contributed by atoms with Crippen LogP contribution in [0.25, 0.3) is 0 Å². The van der Waals surface area contributed by atoms with Crippen LogP contribution in [0.2, 0.25) is 0 Å². The SMILES string of the molecule is COc1ccc(N2CCN(C(=O)c3ccccc3F)[C@@H](C)C2=O)cc1OC. The molecule has 1 atom stereocenters. The van der Waals surface area contributed by atoms with Crippen molar-refractivity contribution in [2.45, 2.75) is 13.0 Å². The van der Waals surface area contributed by atoms with E-state index >= 15 is 0 Å². The largest absolute Gasteiger partial charge is 0.493 e. The number of nitrogens with zero attached hydrogens (tertiary/aromatic N) is 2. The second kappa shape index (κ2) is 7.65. The van der Waals surface area contributed by atoms with Gasteiger partial charge in [-0.2, -0.15) is 0 Å². The molecule has 0 aromatic heterocycles. The van der Waals surface area contributed by atoms with Crippen LogP contribution in [0, 0.1) is 5.82 Å². The Labute approximate surface area is 157 Å². The van der Waals surface area contributed by atoms with Crippen molar-refractivity contribution in [3.63, 3.8) is 0 Å². The van der Waals surface area contributed by atoms with Gasteiger partial charge in [0.05, 0.1) is 19.8 Å². The molecular weight excluding hydrogens is 351 g/mol. The number of hydrogen-bond acceptors (Lipinski definition) is 4. The molecule has 0 radical (unpaired) electrons. The van der Waals surface area contributed by atoms with E-state index in [-0.39, 0.29) is 11.5 Å². The maximum Gasteiger partial charge on any atom is 0.257 e. The van der Waals surface area contributed by atoms with Gasteiger partial charge in [0.15, 0.2) is 11.5 Å². The van der Waals surface area contributed by atoms with Gasteiger partial charge in [0.2, 0.25) is 5.91 Å². The topological polar surface area (TPSA) is 59.1 Å². The lowest BCUT2D eigenvalue weighted by atomic mass is 10.1. The van der Waals surface area contributed by atoms with Crippen molar-refractivity contribution in [1.29, 1.82) is 0 Å². The van der Waals surface area contributed by atoms with Crippen LogP contribution in [0.3, 0.4) is 0 Å². The minimum atomic E-state index is -0.709. The molecule has 0 bridgehead atoms. The van der Waals surface area contributed by atoms with Crippen molar-refractivity contribution in [1.82, 2.24) is 4.90 Å².